The third kappa shape index (κ3) is 2.03. The molecule has 0 spiro atoms. The predicted octanol–water partition coefficient (Wildman–Crippen LogP) is 3.56. The van der Waals surface area contributed by atoms with Gasteiger partial charge in [-0.15, -0.1) is 0 Å². The van der Waals surface area contributed by atoms with Crippen LogP contribution < -0.4 is 9.42 Å². The van der Waals surface area contributed by atoms with E-state index in [2.05, 4.69) is 0 Å². The van der Waals surface area contributed by atoms with E-state index in [0.29, 0.717) is 11.3 Å². The molecular weight excluding hydrogens is 250 g/mol. The monoisotopic (exact) mass is 260 g/mol. The maximum absolute atomic E-state index is 13.7. The van der Waals surface area contributed by atoms with E-state index in [4.69, 9.17) is 4.52 Å². The Labute approximate surface area is 105 Å². The van der Waals surface area contributed by atoms with Gasteiger partial charge in [-0.2, -0.15) is 0 Å². The number of hydrogen-bond acceptors (Lipinski definition) is 2. The molecule has 1 heterocycles. The van der Waals surface area contributed by atoms with Crippen molar-refractivity contribution >= 4 is 13.6 Å². The van der Waals surface area contributed by atoms with E-state index >= 15 is 0 Å². The highest BCUT2D eigenvalue weighted by molar-refractivity contribution is 7.62. The lowest BCUT2D eigenvalue weighted by atomic mass is 9.99. The summed E-state index contributed by atoms with van der Waals surface area (Å²) in [7, 11) is -4.20. The van der Waals surface area contributed by atoms with Crippen LogP contribution in [-0.2, 0) is 0 Å². The maximum Gasteiger partial charge on any atom is 0.370 e. The second-order valence-electron chi connectivity index (χ2n) is 4.02. The van der Waals surface area contributed by atoms with Gasteiger partial charge in [0.1, 0.15) is 5.82 Å². The minimum Gasteiger partial charge on any atom is -0.616 e. The molecule has 0 amide bonds. The Morgan fingerprint density at radius 1 is 0.944 bits per heavy atom. The van der Waals surface area contributed by atoms with Crippen molar-refractivity contribution in [1.82, 2.24) is 0 Å². The van der Waals surface area contributed by atoms with Gasteiger partial charge in [-0.3, -0.25) is 0 Å². The quantitative estimate of drug-likeness (QED) is 0.734. The standard InChI is InChI=1S/C14H10FO2P/c15-18(16)10-13(11-6-2-1-3-7-11)12-8-4-5-9-14(12)17-18/h1-10H. The number of hydrogen-bond donors (Lipinski definition) is 0. The molecule has 90 valence electrons. The summed E-state index contributed by atoms with van der Waals surface area (Å²) in [6.45, 7) is 0. The van der Waals surface area contributed by atoms with Crippen molar-refractivity contribution in [1.29, 1.82) is 0 Å². The van der Waals surface area contributed by atoms with Crippen molar-refractivity contribution in [2.45, 2.75) is 0 Å². The van der Waals surface area contributed by atoms with Gasteiger partial charge in [-0.25, -0.2) is 0 Å². The van der Waals surface area contributed by atoms with Crippen molar-refractivity contribution in [3.63, 3.8) is 0 Å². The van der Waals surface area contributed by atoms with E-state index in [1.807, 2.05) is 42.5 Å². The first-order valence-corrected chi connectivity index (χ1v) is 7.11. The van der Waals surface area contributed by atoms with E-state index in [0.717, 1.165) is 16.9 Å². The van der Waals surface area contributed by atoms with Crippen LogP contribution in [0.1, 0.15) is 11.1 Å². The van der Waals surface area contributed by atoms with Crippen molar-refractivity contribution in [3.05, 3.63) is 71.5 Å². The molecule has 18 heavy (non-hydrogen) atoms. The summed E-state index contributed by atoms with van der Waals surface area (Å²) in [5.41, 5.74) is 2.20. The van der Waals surface area contributed by atoms with E-state index < -0.39 is 8.03 Å². The Kier molecular flexibility index (Phi) is 2.66. The summed E-state index contributed by atoms with van der Waals surface area (Å²) in [5, 5.41) is 0. The minimum atomic E-state index is -4.20. The number of fused-ring (bicyclic) bond motifs is 1. The van der Waals surface area contributed by atoms with Gasteiger partial charge in [-0.1, -0.05) is 48.5 Å². The average Bonchev–Trinajstić information content (AvgIpc) is 2.38. The zero-order valence-corrected chi connectivity index (χ0v) is 10.3. The van der Waals surface area contributed by atoms with Gasteiger partial charge in [-0.05, 0) is 15.8 Å². The van der Waals surface area contributed by atoms with Crippen molar-refractivity contribution in [2.75, 3.05) is 0 Å². The molecule has 0 fully saturated rings. The number of benzene rings is 2. The first-order valence-electron chi connectivity index (χ1n) is 5.52. The third-order valence-corrected chi connectivity index (χ3v) is 3.78. The van der Waals surface area contributed by atoms with Gasteiger partial charge in [0.05, 0.1) is 0 Å². The summed E-state index contributed by atoms with van der Waals surface area (Å²) in [5.74, 6) is 1.41. The molecule has 2 aromatic rings. The lowest BCUT2D eigenvalue weighted by molar-refractivity contribution is -0.193. The second-order valence-corrected chi connectivity index (χ2v) is 5.50. The molecule has 0 bridgehead atoms. The van der Waals surface area contributed by atoms with Crippen LogP contribution in [0.4, 0.5) is 4.20 Å². The van der Waals surface area contributed by atoms with Crippen molar-refractivity contribution in [3.8, 4) is 5.75 Å². The van der Waals surface area contributed by atoms with Gasteiger partial charge in [0.15, 0.2) is 5.75 Å². The Bertz CT molecular complexity index is 608. The van der Waals surface area contributed by atoms with Gasteiger partial charge in [0.2, 0.25) is 0 Å². The maximum atomic E-state index is 13.7. The Hall–Kier alpha value is -1.70. The lowest BCUT2D eigenvalue weighted by Gasteiger charge is -2.23. The zero-order chi connectivity index (χ0) is 12.6. The topological polar surface area (TPSA) is 32.3 Å². The fraction of sp³-hybridized carbons (Fsp3) is 0. The first-order chi connectivity index (χ1) is 8.66. The van der Waals surface area contributed by atoms with Crippen LogP contribution in [0.3, 0.4) is 0 Å². The van der Waals surface area contributed by atoms with Crippen molar-refractivity contribution in [2.24, 2.45) is 0 Å². The molecule has 0 aliphatic carbocycles. The molecule has 1 unspecified atom stereocenters. The lowest BCUT2D eigenvalue weighted by Crippen LogP contribution is -2.13. The van der Waals surface area contributed by atoms with Crippen molar-refractivity contribution < 1.29 is 13.6 Å². The van der Waals surface area contributed by atoms with E-state index in [9.17, 15) is 9.09 Å². The molecule has 0 saturated heterocycles. The summed E-state index contributed by atoms with van der Waals surface area (Å²) in [6.07, 6.45) is 0. The fourth-order valence-corrected chi connectivity index (χ4v) is 3.08. The highest BCUT2D eigenvalue weighted by atomic mass is 31.2. The molecular formula is C14H10FO2P. The number of rotatable bonds is 1. The molecule has 0 N–H and O–H groups in total. The Morgan fingerprint density at radius 3 is 2.39 bits per heavy atom. The molecule has 4 heteroatoms. The van der Waals surface area contributed by atoms with Crippen LogP contribution in [0.5, 0.6) is 5.75 Å². The highest BCUT2D eigenvalue weighted by Crippen LogP contribution is 2.60. The Morgan fingerprint density at radius 2 is 1.61 bits per heavy atom. The van der Waals surface area contributed by atoms with Gasteiger partial charge in [0.25, 0.3) is 0 Å². The van der Waals surface area contributed by atoms with Crippen LogP contribution in [0, 0.1) is 0 Å². The molecule has 2 nitrogen and oxygen atoms in total. The molecule has 0 radical (unpaired) electrons. The van der Waals surface area contributed by atoms with Crippen LogP contribution in [0.2, 0.25) is 0 Å². The molecule has 1 atom stereocenters. The fourth-order valence-electron chi connectivity index (χ4n) is 2.00. The molecule has 1 aliphatic heterocycles. The normalized spacial score (nSPS) is 21.8. The van der Waals surface area contributed by atoms with E-state index in [1.54, 1.807) is 12.1 Å². The zero-order valence-electron chi connectivity index (χ0n) is 9.42. The minimum absolute atomic E-state index is 0.324. The Balaban J connectivity index is 2.20. The van der Waals surface area contributed by atoms with Crippen LogP contribution in [-0.4, -0.2) is 0 Å². The molecule has 1 aliphatic rings. The van der Waals surface area contributed by atoms with E-state index in [-0.39, 0.29) is 0 Å². The van der Waals surface area contributed by atoms with Gasteiger partial charge < -0.3 is 9.42 Å². The van der Waals surface area contributed by atoms with Crippen LogP contribution in [0.15, 0.2) is 60.4 Å². The average molecular weight is 260 g/mol. The molecule has 0 saturated carbocycles. The number of para-hydroxylation sites is 1. The summed E-state index contributed by atoms with van der Waals surface area (Å²) in [4.78, 5) is 11.6. The second kappa shape index (κ2) is 4.20. The van der Waals surface area contributed by atoms with Crippen LogP contribution >= 0.6 is 8.03 Å². The molecule has 2 aromatic carbocycles. The first kappa shape index (κ1) is 11.4. The highest BCUT2D eigenvalue weighted by Gasteiger charge is 2.35. The predicted molar refractivity (Wildman–Crippen MR) is 68.6 cm³/mol. The van der Waals surface area contributed by atoms with E-state index in [1.165, 1.54) is 0 Å². The summed E-state index contributed by atoms with van der Waals surface area (Å²) < 4.78 is 18.6. The van der Waals surface area contributed by atoms with Gasteiger partial charge >= 0.3 is 8.03 Å². The van der Waals surface area contributed by atoms with Crippen LogP contribution in [0.25, 0.3) is 5.57 Å². The molecule has 0 aromatic heterocycles. The SMILES string of the molecule is [O-][P+]1(F)C=C(c2ccccc2)c2ccccc2O1. The summed E-state index contributed by atoms with van der Waals surface area (Å²) in [6, 6.07) is 16.3. The number of halogens is 1. The molecule has 3 rings (SSSR count). The smallest absolute Gasteiger partial charge is 0.370 e. The van der Waals surface area contributed by atoms with Gasteiger partial charge in [0, 0.05) is 11.1 Å². The summed E-state index contributed by atoms with van der Waals surface area (Å²) >= 11 is 0. The third-order valence-electron chi connectivity index (χ3n) is 2.77. The largest absolute Gasteiger partial charge is 0.616 e.